The van der Waals surface area contributed by atoms with Crippen molar-refractivity contribution in [2.75, 3.05) is 13.2 Å². The summed E-state index contributed by atoms with van der Waals surface area (Å²) in [6.07, 6.45) is 77.7. The molecule has 0 heterocycles. The Morgan fingerprint density at radius 2 is 0.480 bits per heavy atom. The zero-order chi connectivity index (χ0) is 54.3. The lowest BCUT2D eigenvalue weighted by Gasteiger charge is -2.18. The highest BCUT2D eigenvalue weighted by Crippen LogP contribution is 2.18. The molecule has 0 bridgehead atoms. The third-order valence-electron chi connectivity index (χ3n) is 15.5. The van der Waals surface area contributed by atoms with Gasteiger partial charge in [0.15, 0.2) is 6.10 Å². The molecule has 0 fully saturated rings. The number of ether oxygens (including phenoxy) is 3. The third-order valence-corrected chi connectivity index (χ3v) is 15.5. The Hall–Kier alpha value is -2.11. The molecule has 6 nitrogen and oxygen atoms in total. The van der Waals surface area contributed by atoms with Crippen LogP contribution in [0, 0.1) is 0 Å². The van der Waals surface area contributed by atoms with Gasteiger partial charge in [0.2, 0.25) is 0 Å². The van der Waals surface area contributed by atoms with E-state index < -0.39 is 6.10 Å². The molecule has 0 aliphatic carbocycles. The van der Waals surface area contributed by atoms with Crippen molar-refractivity contribution in [1.29, 1.82) is 0 Å². The summed E-state index contributed by atoms with van der Waals surface area (Å²) in [5, 5.41) is 0. The summed E-state index contributed by atoms with van der Waals surface area (Å²) in [6.45, 7) is 6.69. The van der Waals surface area contributed by atoms with Gasteiger partial charge in [-0.05, 0) is 51.4 Å². The molecule has 75 heavy (non-hydrogen) atoms. The van der Waals surface area contributed by atoms with Crippen LogP contribution in [0.3, 0.4) is 0 Å². The Balaban J connectivity index is 4.24. The first-order valence-corrected chi connectivity index (χ1v) is 33.8. The van der Waals surface area contributed by atoms with E-state index in [1.54, 1.807) is 0 Å². The number of unbranched alkanes of at least 4 members (excludes halogenated alkanes) is 48. The smallest absolute Gasteiger partial charge is 0.306 e. The van der Waals surface area contributed by atoms with Crippen LogP contribution in [0.1, 0.15) is 380 Å². The van der Waals surface area contributed by atoms with Gasteiger partial charge in [0.25, 0.3) is 0 Å². The molecule has 0 spiro atoms. The van der Waals surface area contributed by atoms with Crippen LogP contribution in [0.5, 0.6) is 0 Å². The average Bonchev–Trinajstić information content (AvgIpc) is 3.41. The van der Waals surface area contributed by atoms with Gasteiger partial charge in [-0.1, -0.05) is 334 Å². The molecule has 0 aliphatic heterocycles. The summed E-state index contributed by atoms with van der Waals surface area (Å²) in [5.74, 6) is -0.854. The van der Waals surface area contributed by atoms with Crippen molar-refractivity contribution >= 4 is 17.9 Å². The molecule has 0 aromatic heterocycles. The summed E-state index contributed by atoms with van der Waals surface area (Å²) in [7, 11) is 0. The molecule has 0 saturated heterocycles. The van der Waals surface area contributed by atoms with E-state index in [9.17, 15) is 14.4 Å². The van der Waals surface area contributed by atoms with Gasteiger partial charge in [0.05, 0.1) is 0 Å². The van der Waals surface area contributed by atoms with Gasteiger partial charge in [-0.2, -0.15) is 0 Å². The minimum absolute atomic E-state index is 0.0708. The van der Waals surface area contributed by atoms with Crippen LogP contribution in [0.25, 0.3) is 0 Å². The molecular weight excluding hydrogens is 925 g/mol. The van der Waals surface area contributed by atoms with Crippen LogP contribution in [0.15, 0.2) is 24.3 Å². The second-order valence-corrected chi connectivity index (χ2v) is 23.1. The SMILES string of the molecule is CCCCCC/C=C\C/C=C\CCCCCCCC(=O)OC(COC(=O)CCCCCCCCCCCCCCCCCC)COC(=O)CCCCCCCCCCCCCCCCCCCCCCCCCCC. The largest absolute Gasteiger partial charge is 0.462 e. The van der Waals surface area contributed by atoms with Crippen LogP contribution in [-0.4, -0.2) is 37.2 Å². The lowest BCUT2D eigenvalue weighted by atomic mass is 10.0. The maximum absolute atomic E-state index is 12.9. The Morgan fingerprint density at radius 3 is 0.747 bits per heavy atom. The molecule has 0 N–H and O–H groups in total. The maximum Gasteiger partial charge on any atom is 0.306 e. The number of rotatable bonds is 63. The quantitative estimate of drug-likeness (QED) is 0.0261. The van der Waals surface area contributed by atoms with E-state index in [0.717, 1.165) is 77.0 Å². The topological polar surface area (TPSA) is 78.9 Å². The van der Waals surface area contributed by atoms with Crippen molar-refractivity contribution in [1.82, 2.24) is 0 Å². The number of carbonyl (C=O) groups is 3. The average molecular weight is 1060 g/mol. The minimum atomic E-state index is -0.775. The molecule has 442 valence electrons. The summed E-state index contributed by atoms with van der Waals surface area (Å²) in [4.78, 5) is 38.4. The zero-order valence-corrected chi connectivity index (χ0v) is 50.8. The van der Waals surface area contributed by atoms with E-state index in [1.807, 2.05) is 0 Å². The standard InChI is InChI=1S/C69H130O6/c1-4-7-10-13-16-19-22-25-28-31-32-33-34-35-36-37-38-39-42-44-47-50-53-56-59-62-68(71)74-65-66(75-69(72)63-60-57-54-51-48-45-41-30-27-24-21-18-15-12-9-6-3)64-73-67(70)61-58-55-52-49-46-43-40-29-26-23-20-17-14-11-8-5-2/h21,24,30,41,66H,4-20,22-23,25-29,31-40,42-65H2,1-3H3/b24-21-,41-30-. The molecule has 6 heteroatoms. The van der Waals surface area contributed by atoms with E-state index in [0.29, 0.717) is 19.3 Å². The first kappa shape index (κ1) is 72.9. The summed E-state index contributed by atoms with van der Waals surface area (Å²) >= 11 is 0. The highest BCUT2D eigenvalue weighted by atomic mass is 16.6. The van der Waals surface area contributed by atoms with Crippen molar-refractivity contribution in [2.45, 2.75) is 386 Å². The van der Waals surface area contributed by atoms with Gasteiger partial charge < -0.3 is 14.2 Å². The molecular formula is C69H130O6. The molecule has 1 unspecified atom stereocenters. The molecule has 1 atom stereocenters. The van der Waals surface area contributed by atoms with Gasteiger partial charge in [-0.3, -0.25) is 14.4 Å². The van der Waals surface area contributed by atoms with Crippen LogP contribution >= 0.6 is 0 Å². The third kappa shape index (κ3) is 62.6. The fourth-order valence-electron chi connectivity index (χ4n) is 10.4. The van der Waals surface area contributed by atoms with Gasteiger partial charge in [0.1, 0.15) is 13.2 Å². The van der Waals surface area contributed by atoms with Crippen LogP contribution in [0.2, 0.25) is 0 Å². The van der Waals surface area contributed by atoms with Crippen LogP contribution in [-0.2, 0) is 28.6 Å². The van der Waals surface area contributed by atoms with Crippen LogP contribution < -0.4 is 0 Å². The Bertz CT molecular complexity index is 1210. The Labute approximate surface area is 468 Å². The molecule has 0 radical (unpaired) electrons. The van der Waals surface area contributed by atoms with E-state index in [2.05, 4.69) is 45.1 Å². The summed E-state index contributed by atoms with van der Waals surface area (Å²) in [5.41, 5.74) is 0. The Morgan fingerprint density at radius 1 is 0.267 bits per heavy atom. The number of allylic oxidation sites excluding steroid dienone is 4. The van der Waals surface area contributed by atoms with Gasteiger partial charge in [0, 0.05) is 19.3 Å². The van der Waals surface area contributed by atoms with Gasteiger partial charge in [-0.25, -0.2) is 0 Å². The van der Waals surface area contributed by atoms with Gasteiger partial charge >= 0.3 is 17.9 Å². The predicted molar refractivity (Wildman–Crippen MR) is 326 cm³/mol. The number of esters is 3. The Kier molecular flexibility index (Phi) is 62.6. The maximum atomic E-state index is 12.9. The highest BCUT2D eigenvalue weighted by molar-refractivity contribution is 5.71. The van der Waals surface area contributed by atoms with Crippen molar-refractivity contribution in [3.63, 3.8) is 0 Å². The first-order chi connectivity index (χ1) is 37.0. The molecule has 0 aromatic rings. The fraction of sp³-hybridized carbons (Fsp3) is 0.899. The lowest BCUT2D eigenvalue weighted by Crippen LogP contribution is -2.30. The van der Waals surface area contributed by atoms with E-state index in [4.69, 9.17) is 14.2 Å². The van der Waals surface area contributed by atoms with E-state index in [-0.39, 0.29) is 31.1 Å². The van der Waals surface area contributed by atoms with Crippen molar-refractivity contribution in [3.8, 4) is 0 Å². The van der Waals surface area contributed by atoms with E-state index in [1.165, 1.54) is 263 Å². The van der Waals surface area contributed by atoms with Crippen molar-refractivity contribution in [3.05, 3.63) is 24.3 Å². The number of carbonyl (C=O) groups excluding carboxylic acids is 3. The molecule has 0 rings (SSSR count). The van der Waals surface area contributed by atoms with Crippen molar-refractivity contribution < 1.29 is 28.6 Å². The number of hydrogen-bond acceptors (Lipinski definition) is 6. The highest BCUT2D eigenvalue weighted by Gasteiger charge is 2.19. The molecule has 0 aromatic carbocycles. The molecule has 0 aliphatic rings. The monoisotopic (exact) mass is 1050 g/mol. The molecule has 0 amide bonds. The number of hydrogen-bond donors (Lipinski definition) is 0. The first-order valence-electron chi connectivity index (χ1n) is 33.8. The predicted octanol–water partition coefficient (Wildman–Crippen LogP) is 23.0. The fourth-order valence-corrected chi connectivity index (χ4v) is 10.4. The second kappa shape index (κ2) is 64.4. The van der Waals surface area contributed by atoms with Crippen molar-refractivity contribution in [2.24, 2.45) is 0 Å². The minimum Gasteiger partial charge on any atom is -0.462 e. The van der Waals surface area contributed by atoms with E-state index >= 15 is 0 Å². The van der Waals surface area contributed by atoms with Crippen LogP contribution in [0.4, 0.5) is 0 Å². The lowest BCUT2D eigenvalue weighted by molar-refractivity contribution is -0.167. The normalized spacial score (nSPS) is 12.1. The second-order valence-electron chi connectivity index (χ2n) is 23.1. The summed E-state index contributed by atoms with van der Waals surface area (Å²) < 4.78 is 17.0. The molecule has 0 saturated carbocycles. The summed E-state index contributed by atoms with van der Waals surface area (Å²) in [6, 6.07) is 0. The zero-order valence-electron chi connectivity index (χ0n) is 50.8. The van der Waals surface area contributed by atoms with Gasteiger partial charge in [-0.15, -0.1) is 0 Å².